The van der Waals surface area contributed by atoms with Gasteiger partial charge in [-0.05, 0) is 40.9 Å². The standard InChI is InChI=1S/C15H16BrNO3/c1-4-19-15(18)13-12(9(2)3)17-14(20-13)10-7-5-6-8-11(10)16/h5-9H,4H2,1-3H3. The third kappa shape index (κ3) is 2.93. The quantitative estimate of drug-likeness (QED) is 0.775. The summed E-state index contributed by atoms with van der Waals surface area (Å²) >= 11 is 3.46. The molecule has 0 aliphatic carbocycles. The van der Waals surface area contributed by atoms with E-state index in [-0.39, 0.29) is 11.7 Å². The predicted octanol–water partition coefficient (Wildman–Crippen LogP) is 4.40. The second-order valence-electron chi connectivity index (χ2n) is 4.59. The third-order valence-electron chi connectivity index (χ3n) is 2.77. The number of carbonyl (C=O) groups excluding carboxylic acids is 1. The molecule has 0 atom stereocenters. The number of benzene rings is 1. The third-order valence-corrected chi connectivity index (χ3v) is 3.46. The molecular weight excluding hydrogens is 322 g/mol. The van der Waals surface area contributed by atoms with E-state index in [9.17, 15) is 4.79 Å². The van der Waals surface area contributed by atoms with E-state index in [0.29, 0.717) is 18.2 Å². The maximum absolute atomic E-state index is 11.9. The van der Waals surface area contributed by atoms with Gasteiger partial charge in [-0.1, -0.05) is 26.0 Å². The van der Waals surface area contributed by atoms with Crippen molar-refractivity contribution in [3.8, 4) is 11.5 Å². The van der Waals surface area contributed by atoms with Gasteiger partial charge >= 0.3 is 5.97 Å². The van der Waals surface area contributed by atoms with Gasteiger partial charge in [-0.25, -0.2) is 9.78 Å². The highest BCUT2D eigenvalue weighted by Gasteiger charge is 2.24. The summed E-state index contributed by atoms with van der Waals surface area (Å²) in [5.41, 5.74) is 1.43. The lowest BCUT2D eigenvalue weighted by Gasteiger charge is -2.02. The molecule has 0 amide bonds. The largest absolute Gasteiger partial charge is 0.460 e. The van der Waals surface area contributed by atoms with Crippen LogP contribution in [0.3, 0.4) is 0 Å². The van der Waals surface area contributed by atoms with Gasteiger partial charge in [0, 0.05) is 4.47 Å². The van der Waals surface area contributed by atoms with Gasteiger partial charge in [0.05, 0.1) is 17.9 Å². The monoisotopic (exact) mass is 337 g/mol. The van der Waals surface area contributed by atoms with Crippen molar-refractivity contribution in [2.75, 3.05) is 6.61 Å². The lowest BCUT2D eigenvalue weighted by Crippen LogP contribution is -2.07. The highest BCUT2D eigenvalue weighted by atomic mass is 79.9. The van der Waals surface area contributed by atoms with E-state index in [1.165, 1.54) is 0 Å². The Morgan fingerprint density at radius 1 is 1.40 bits per heavy atom. The fraction of sp³-hybridized carbons (Fsp3) is 0.333. The SMILES string of the molecule is CCOC(=O)c1oc(-c2ccccc2Br)nc1C(C)C. The van der Waals surface area contributed by atoms with Crippen LogP contribution >= 0.6 is 15.9 Å². The second-order valence-corrected chi connectivity index (χ2v) is 5.44. The molecule has 2 rings (SSSR count). The lowest BCUT2D eigenvalue weighted by molar-refractivity contribution is 0.0488. The minimum absolute atomic E-state index is 0.0781. The van der Waals surface area contributed by atoms with Crippen molar-refractivity contribution in [2.45, 2.75) is 26.7 Å². The molecule has 106 valence electrons. The van der Waals surface area contributed by atoms with E-state index < -0.39 is 5.97 Å². The molecule has 0 N–H and O–H groups in total. The summed E-state index contributed by atoms with van der Waals surface area (Å²) in [7, 11) is 0. The fourth-order valence-corrected chi connectivity index (χ4v) is 2.27. The first-order valence-electron chi connectivity index (χ1n) is 6.47. The van der Waals surface area contributed by atoms with Crippen LogP contribution in [0.4, 0.5) is 0 Å². The molecule has 2 aromatic rings. The average molecular weight is 338 g/mol. The molecule has 1 aromatic heterocycles. The zero-order valence-corrected chi connectivity index (χ0v) is 13.2. The summed E-state index contributed by atoms with van der Waals surface area (Å²) < 4.78 is 11.5. The number of aromatic nitrogens is 1. The molecule has 0 saturated carbocycles. The second kappa shape index (κ2) is 6.22. The molecular formula is C15H16BrNO3. The van der Waals surface area contributed by atoms with Crippen molar-refractivity contribution in [2.24, 2.45) is 0 Å². The molecule has 0 aliphatic rings. The van der Waals surface area contributed by atoms with E-state index in [2.05, 4.69) is 20.9 Å². The normalized spacial score (nSPS) is 10.8. The van der Waals surface area contributed by atoms with Gasteiger partial charge in [0.25, 0.3) is 0 Å². The molecule has 0 aliphatic heterocycles. The Morgan fingerprint density at radius 3 is 2.70 bits per heavy atom. The summed E-state index contributed by atoms with van der Waals surface area (Å²) in [6.07, 6.45) is 0. The number of hydrogen-bond donors (Lipinski definition) is 0. The molecule has 1 aromatic carbocycles. The highest BCUT2D eigenvalue weighted by molar-refractivity contribution is 9.10. The Bertz CT molecular complexity index is 619. The Balaban J connectivity index is 2.50. The van der Waals surface area contributed by atoms with Crippen LogP contribution < -0.4 is 0 Å². The molecule has 0 radical (unpaired) electrons. The van der Waals surface area contributed by atoms with Crippen LogP contribution in [0.2, 0.25) is 0 Å². The van der Waals surface area contributed by atoms with E-state index in [0.717, 1.165) is 10.0 Å². The van der Waals surface area contributed by atoms with Gasteiger partial charge < -0.3 is 9.15 Å². The summed E-state index contributed by atoms with van der Waals surface area (Å²) in [5, 5.41) is 0. The van der Waals surface area contributed by atoms with Crippen molar-refractivity contribution in [3.05, 3.63) is 40.2 Å². The minimum Gasteiger partial charge on any atom is -0.460 e. The van der Waals surface area contributed by atoms with E-state index in [4.69, 9.17) is 9.15 Å². The molecule has 0 spiro atoms. The molecule has 0 saturated heterocycles. The molecule has 0 fully saturated rings. The van der Waals surface area contributed by atoms with Crippen LogP contribution in [-0.4, -0.2) is 17.6 Å². The zero-order chi connectivity index (χ0) is 14.7. The number of carbonyl (C=O) groups is 1. The number of oxazole rings is 1. The van der Waals surface area contributed by atoms with Crippen LogP contribution in [0.25, 0.3) is 11.5 Å². The Hall–Kier alpha value is -1.62. The van der Waals surface area contributed by atoms with Gasteiger partial charge in [0.2, 0.25) is 11.7 Å². The molecule has 0 bridgehead atoms. The van der Waals surface area contributed by atoms with E-state index in [1.807, 2.05) is 38.1 Å². The van der Waals surface area contributed by atoms with Crippen molar-refractivity contribution in [1.82, 2.24) is 4.98 Å². The Kier molecular flexibility index (Phi) is 4.60. The van der Waals surface area contributed by atoms with Crippen LogP contribution in [-0.2, 0) is 4.74 Å². The molecule has 1 heterocycles. The Labute approximate surface area is 126 Å². The highest BCUT2D eigenvalue weighted by Crippen LogP contribution is 2.31. The first-order valence-corrected chi connectivity index (χ1v) is 7.26. The van der Waals surface area contributed by atoms with Gasteiger partial charge in [-0.3, -0.25) is 0 Å². The lowest BCUT2D eigenvalue weighted by atomic mass is 10.1. The summed E-state index contributed by atoms with van der Waals surface area (Å²) in [6.45, 7) is 5.99. The van der Waals surface area contributed by atoms with Crippen LogP contribution in [0, 0.1) is 0 Å². The number of nitrogens with zero attached hydrogens (tertiary/aromatic N) is 1. The van der Waals surface area contributed by atoms with Crippen LogP contribution in [0.5, 0.6) is 0 Å². The number of esters is 1. The van der Waals surface area contributed by atoms with Gasteiger partial charge in [0.1, 0.15) is 0 Å². The summed E-state index contributed by atoms with van der Waals surface area (Å²) in [5.74, 6) is 0.216. The molecule has 0 unspecified atom stereocenters. The van der Waals surface area contributed by atoms with Crippen LogP contribution in [0.1, 0.15) is 42.9 Å². The number of halogens is 1. The topological polar surface area (TPSA) is 52.3 Å². The summed E-state index contributed by atoms with van der Waals surface area (Å²) in [6, 6.07) is 7.59. The number of rotatable bonds is 4. The van der Waals surface area contributed by atoms with E-state index in [1.54, 1.807) is 6.92 Å². The fourth-order valence-electron chi connectivity index (χ4n) is 1.82. The van der Waals surface area contributed by atoms with E-state index >= 15 is 0 Å². The average Bonchev–Trinajstić information content (AvgIpc) is 2.84. The van der Waals surface area contributed by atoms with Crippen molar-refractivity contribution < 1.29 is 13.9 Å². The smallest absolute Gasteiger partial charge is 0.376 e. The summed E-state index contributed by atoms with van der Waals surface area (Å²) in [4.78, 5) is 16.4. The maximum atomic E-state index is 11.9. The Morgan fingerprint density at radius 2 is 2.10 bits per heavy atom. The first kappa shape index (κ1) is 14.8. The van der Waals surface area contributed by atoms with Crippen molar-refractivity contribution >= 4 is 21.9 Å². The molecule has 20 heavy (non-hydrogen) atoms. The predicted molar refractivity (Wildman–Crippen MR) is 79.7 cm³/mol. The van der Waals surface area contributed by atoms with Crippen molar-refractivity contribution in [1.29, 1.82) is 0 Å². The number of hydrogen-bond acceptors (Lipinski definition) is 4. The number of ether oxygens (including phenoxy) is 1. The van der Waals surface area contributed by atoms with Gasteiger partial charge in [-0.15, -0.1) is 0 Å². The van der Waals surface area contributed by atoms with Crippen LogP contribution in [0.15, 0.2) is 33.2 Å². The molecule has 5 heteroatoms. The van der Waals surface area contributed by atoms with Crippen molar-refractivity contribution in [3.63, 3.8) is 0 Å². The minimum atomic E-state index is -0.470. The zero-order valence-electron chi connectivity index (χ0n) is 11.6. The van der Waals surface area contributed by atoms with Gasteiger partial charge in [0.15, 0.2) is 0 Å². The molecule has 4 nitrogen and oxygen atoms in total. The first-order chi connectivity index (χ1) is 9.54. The van der Waals surface area contributed by atoms with Gasteiger partial charge in [-0.2, -0.15) is 0 Å². The maximum Gasteiger partial charge on any atom is 0.376 e.